The zero-order chi connectivity index (χ0) is 13.3. The molecule has 2 rings (SSSR count). The molecule has 1 aromatic carbocycles. The highest BCUT2D eigenvalue weighted by Crippen LogP contribution is 2.54. The van der Waals surface area contributed by atoms with E-state index < -0.39 is 7.82 Å². The molecule has 0 aliphatic carbocycles. The second-order valence-electron chi connectivity index (χ2n) is 3.11. The van der Waals surface area contributed by atoms with Gasteiger partial charge in [0.1, 0.15) is 16.3 Å². The summed E-state index contributed by atoms with van der Waals surface area (Å²) in [5.41, 5.74) is 0.703. The van der Waals surface area contributed by atoms with Crippen LogP contribution in [0.1, 0.15) is 0 Å². The maximum atomic E-state index is 11.7. The molecule has 2 aromatic rings. The summed E-state index contributed by atoms with van der Waals surface area (Å²) in [6.07, 6.45) is 1.47. The van der Waals surface area contributed by atoms with Crippen molar-refractivity contribution in [1.29, 1.82) is 0 Å². The van der Waals surface area contributed by atoms with Crippen molar-refractivity contribution in [3.05, 3.63) is 27.8 Å². The molecular formula is C8H4Br2Cl2NO4P. The third-order valence-electron chi connectivity index (χ3n) is 2.08. The third-order valence-corrected chi connectivity index (χ3v) is 5.69. The Balaban J connectivity index is 2.53. The van der Waals surface area contributed by atoms with Crippen molar-refractivity contribution in [2.45, 2.75) is 0 Å². The van der Waals surface area contributed by atoms with Gasteiger partial charge >= 0.3 is 7.82 Å². The first-order chi connectivity index (χ1) is 8.50. The summed E-state index contributed by atoms with van der Waals surface area (Å²) >= 11 is 17.0. The molecule has 0 amide bonds. The van der Waals surface area contributed by atoms with E-state index in [0.717, 1.165) is 0 Å². The summed E-state index contributed by atoms with van der Waals surface area (Å²) in [5, 5.41) is 0.934. The van der Waals surface area contributed by atoms with E-state index >= 15 is 0 Å². The highest BCUT2D eigenvalue weighted by Gasteiger charge is 2.30. The fraction of sp³-hybridized carbons (Fsp3) is 0. The lowest BCUT2D eigenvalue weighted by Crippen LogP contribution is -1.91. The Kier molecular flexibility index (Phi) is 4.65. The number of halogens is 4. The van der Waals surface area contributed by atoms with E-state index in [0.29, 0.717) is 20.4 Å². The minimum atomic E-state index is -3.92. The van der Waals surface area contributed by atoms with Crippen LogP contribution < -0.4 is 4.52 Å². The average molecular weight is 440 g/mol. The van der Waals surface area contributed by atoms with Gasteiger partial charge in [0.25, 0.3) is 0 Å². The standard InChI is InChI=1S/C8H4Br2Cl2NO4P/c9-4-1-2-5-7(8(4)11)6(3-13-5)15-18(14,16-10)17-12/h1-3,13H. The van der Waals surface area contributed by atoms with Gasteiger partial charge in [0.2, 0.25) is 0 Å². The maximum absolute atomic E-state index is 11.7. The fourth-order valence-electron chi connectivity index (χ4n) is 1.36. The number of phosphoric acid groups is 1. The number of hydrogen-bond acceptors (Lipinski definition) is 4. The first-order valence-corrected chi connectivity index (χ1v) is 7.95. The predicted molar refractivity (Wildman–Crippen MR) is 76.2 cm³/mol. The van der Waals surface area contributed by atoms with Gasteiger partial charge < -0.3 is 9.51 Å². The van der Waals surface area contributed by atoms with Gasteiger partial charge in [0.05, 0.1) is 27.8 Å². The monoisotopic (exact) mass is 437 g/mol. The highest BCUT2D eigenvalue weighted by atomic mass is 79.9. The van der Waals surface area contributed by atoms with Crippen LogP contribution in [0.2, 0.25) is 5.02 Å². The van der Waals surface area contributed by atoms with E-state index in [-0.39, 0.29) is 5.75 Å². The van der Waals surface area contributed by atoms with Crippen LogP contribution in [0.4, 0.5) is 0 Å². The van der Waals surface area contributed by atoms with Gasteiger partial charge in [0, 0.05) is 10.7 Å². The molecule has 1 unspecified atom stereocenters. The van der Waals surface area contributed by atoms with Crippen molar-refractivity contribution in [3.8, 4) is 5.75 Å². The summed E-state index contributed by atoms with van der Waals surface area (Å²) in [6, 6.07) is 3.54. The second-order valence-corrected chi connectivity index (χ2v) is 6.98. The van der Waals surface area contributed by atoms with Crippen molar-refractivity contribution in [2.75, 3.05) is 0 Å². The largest absolute Gasteiger partial charge is 0.558 e. The van der Waals surface area contributed by atoms with Crippen LogP contribution in [0.3, 0.4) is 0 Å². The normalized spacial score (nSPS) is 14.7. The van der Waals surface area contributed by atoms with Gasteiger partial charge in [-0.05, 0) is 28.1 Å². The quantitative estimate of drug-likeness (QED) is 0.633. The Morgan fingerprint density at radius 3 is 2.72 bits per heavy atom. The number of aromatic amines is 1. The van der Waals surface area contributed by atoms with Crippen LogP contribution >= 0.6 is 63.5 Å². The van der Waals surface area contributed by atoms with E-state index in [4.69, 9.17) is 28.0 Å². The van der Waals surface area contributed by atoms with E-state index in [2.05, 4.69) is 44.9 Å². The summed E-state index contributed by atoms with van der Waals surface area (Å²) in [6.45, 7) is 0. The Morgan fingerprint density at radius 1 is 1.39 bits per heavy atom. The van der Waals surface area contributed by atoms with E-state index in [9.17, 15) is 4.57 Å². The van der Waals surface area contributed by atoms with E-state index in [1.807, 2.05) is 0 Å². The molecule has 0 saturated carbocycles. The van der Waals surface area contributed by atoms with E-state index in [1.54, 1.807) is 12.1 Å². The van der Waals surface area contributed by atoms with Crippen LogP contribution in [0.5, 0.6) is 5.75 Å². The van der Waals surface area contributed by atoms with Crippen molar-refractivity contribution < 1.29 is 16.8 Å². The summed E-state index contributed by atoms with van der Waals surface area (Å²) in [7, 11) is -3.92. The number of hydrogen-bond donors (Lipinski definition) is 1. The van der Waals surface area contributed by atoms with Crippen molar-refractivity contribution in [1.82, 2.24) is 4.98 Å². The number of rotatable bonds is 4. The topological polar surface area (TPSA) is 60.6 Å². The molecule has 1 atom stereocenters. The highest BCUT2D eigenvalue weighted by molar-refractivity contribution is 9.10. The lowest BCUT2D eigenvalue weighted by Gasteiger charge is -2.10. The van der Waals surface area contributed by atoms with Gasteiger partial charge in [-0.3, -0.25) is 0 Å². The summed E-state index contributed by atoms with van der Waals surface area (Å²) in [4.78, 5) is 2.91. The number of H-pyrrole nitrogens is 1. The molecule has 0 fully saturated rings. The zero-order valence-corrected chi connectivity index (χ0v) is 13.9. The number of fused-ring (bicyclic) bond motifs is 1. The molecular weight excluding hydrogens is 436 g/mol. The molecule has 1 N–H and O–H groups in total. The van der Waals surface area contributed by atoms with Crippen LogP contribution in [0.25, 0.3) is 10.9 Å². The molecule has 0 aliphatic heterocycles. The molecule has 1 aromatic heterocycles. The Morgan fingerprint density at radius 2 is 2.11 bits per heavy atom. The van der Waals surface area contributed by atoms with Crippen LogP contribution in [-0.2, 0) is 12.3 Å². The number of benzene rings is 1. The molecule has 0 aliphatic rings. The van der Waals surface area contributed by atoms with Crippen molar-refractivity contribution in [2.24, 2.45) is 0 Å². The summed E-state index contributed by atoms with van der Waals surface area (Å²) < 4.78 is 26.0. The summed E-state index contributed by atoms with van der Waals surface area (Å²) in [5.74, 6) is 0.194. The Bertz CT molecular complexity index is 627. The van der Waals surface area contributed by atoms with Crippen LogP contribution in [-0.4, -0.2) is 4.98 Å². The minimum Gasteiger partial charge on any atom is -0.400 e. The molecule has 98 valence electrons. The molecule has 1 heterocycles. The SMILES string of the molecule is O=P(OCl)(OBr)Oc1c[nH]c2ccc(Br)c(Cl)c12. The first-order valence-electron chi connectivity index (χ1n) is 4.36. The molecule has 0 saturated heterocycles. The predicted octanol–water partition coefficient (Wildman–Crippen LogP) is 5.57. The van der Waals surface area contributed by atoms with Crippen molar-refractivity contribution >= 4 is 74.4 Å². The lowest BCUT2D eigenvalue weighted by molar-refractivity contribution is 0.331. The molecule has 0 spiro atoms. The van der Waals surface area contributed by atoms with Gasteiger partial charge in [-0.1, -0.05) is 11.6 Å². The maximum Gasteiger partial charge on any atom is 0.558 e. The van der Waals surface area contributed by atoms with Gasteiger partial charge in [-0.25, -0.2) is 4.57 Å². The second kappa shape index (κ2) is 5.71. The molecule has 10 heteroatoms. The molecule has 0 radical (unpaired) electrons. The van der Waals surface area contributed by atoms with Gasteiger partial charge in [-0.2, -0.15) is 7.69 Å². The number of nitrogens with one attached hydrogen (secondary N) is 1. The molecule has 5 nitrogen and oxygen atoms in total. The molecule has 18 heavy (non-hydrogen) atoms. The Hall–Kier alpha value is 0.250. The lowest BCUT2D eigenvalue weighted by atomic mass is 10.2. The Labute approximate surface area is 129 Å². The van der Waals surface area contributed by atoms with Crippen LogP contribution in [0.15, 0.2) is 22.8 Å². The molecule has 0 bridgehead atoms. The van der Waals surface area contributed by atoms with Crippen LogP contribution in [0, 0.1) is 0 Å². The van der Waals surface area contributed by atoms with Gasteiger partial charge in [0.15, 0.2) is 5.75 Å². The minimum absolute atomic E-state index is 0.194. The third kappa shape index (κ3) is 2.72. The average Bonchev–Trinajstić information content (AvgIpc) is 2.77. The smallest absolute Gasteiger partial charge is 0.400 e. The van der Waals surface area contributed by atoms with E-state index in [1.165, 1.54) is 6.20 Å². The zero-order valence-electron chi connectivity index (χ0n) is 8.32. The fourth-order valence-corrected chi connectivity index (χ4v) is 3.14. The van der Waals surface area contributed by atoms with Crippen molar-refractivity contribution in [3.63, 3.8) is 0 Å². The number of aromatic nitrogens is 1. The first kappa shape index (κ1) is 14.7. The van der Waals surface area contributed by atoms with Gasteiger partial charge in [-0.15, -0.1) is 0 Å².